The number of hydrogen-bond acceptors (Lipinski definition) is 6. The van der Waals surface area contributed by atoms with E-state index in [0.717, 1.165) is 11.1 Å². The van der Waals surface area contributed by atoms with Crippen LogP contribution in [0, 0.1) is 0 Å². The topological polar surface area (TPSA) is 111 Å². The molecule has 0 amide bonds. The van der Waals surface area contributed by atoms with Crippen LogP contribution < -0.4 is 20.9 Å². The monoisotopic (exact) mass is 521 g/mol. The summed E-state index contributed by atoms with van der Waals surface area (Å²) in [4.78, 5) is 36.8. The third-order valence-corrected chi connectivity index (χ3v) is 7.49. The van der Waals surface area contributed by atoms with Crippen LogP contribution in [0.25, 0.3) is 16.9 Å². The minimum Gasteiger partial charge on any atom is -0.492 e. The Morgan fingerprint density at radius 1 is 1.22 bits per heavy atom. The Bertz CT molecular complexity index is 1690. The maximum atomic E-state index is 12.6. The summed E-state index contributed by atoms with van der Waals surface area (Å²) < 4.78 is 10.6. The van der Waals surface area contributed by atoms with Crippen LogP contribution in [0.1, 0.15) is 42.2 Å². The van der Waals surface area contributed by atoms with Gasteiger partial charge in [-0.15, -0.1) is 16.7 Å². The van der Waals surface area contributed by atoms with E-state index in [9.17, 15) is 19.5 Å². The van der Waals surface area contributed by atoms with Gasteiger partial charge in [0.1, 0.15) is 17.9 Å². The standard InChI is InChI=1S/C26H24ClN5O5/c1-26(2)13-19(27)23-17-11-15(37-10-9-30-25(36)29-8-4-3-5-22(29)28-30)6-7-16(17)20-12-21(33)18(24(34)35)14-31(20)32(23)26/h3-8,11-12,14,19,23H,9-10,13H2,1-2H3,(H,34,35). The molecule has 1 N–H and O–H groups in total. The maximum Gasteiger partial charge on any atom is 0.350 e. The molecule has 37 heavy (non-hydrogen) atoms. The van der Waals surface area contributed by atoms with Gasteiger partial charge in [-0.05, 0) is 56.2 Å². The third kappa shape index (κ3) is 3.62. The molecule has 0 radical (unpaired) electrons. The Hall–Kier alpha value is -4.05. The number of ether oxygens (including phenoxy) is 1. The fourth-order valence-corrected chi connectivity index (χ4v) is 6.12. The number of nitrogens with zero attached hydrogens (tertiary/aromatic N) is 5. The van der Waals surface area contributed by atoms with E-state index in [2.05, 4.69) is 5.10 Å². The summed E-state index contributed by atoms with van der Waals surface area (Å²) in [6.45, 7) is 4.59. The van der Waals surface area contributed by atoms with Crippen LogP contribution in [0.4, 0.5) is 0 Å². The highest BCUT2D eigenvalue weighted by Gasteiger charge is 2.50. The molecule has 0 bridgehead atoms. The number of pyridine rings is 2. The first-order valence-corrected chi connectivity index (χ1v) is 12.3. The SMILES string of the molecule is CC1(C)CC(Cl)C2c3cc(OCCn4nc5ccccn5c4=O)ccc3-c3cc(=O)c(C(=O)O)cn3N21. The summed E-state index contributed by atoms with van der Waals surface area (Å²) in [7, 11) is 0. The zero-order valence-electron chi connectivity index (χ0n) is 20.2. The first kappa shape index (κ1) is 23.4. The van der Waals surface area contributed by atoms with Gasteiger partial charge in [-0.3, -0.25) is 18.9 Å². The van der Waals surface area contributed by atoms with Crippen LogP contribution >= 0.6 is 11.6 Å². The number of aromatic carboxylic acids is 1. The molecule has 1 aromatic carbocycles. The average Bonchev–Trinajstić information content (AvgIpc) is 3.30. The Kier molecular flexibility index (Phi) is 5.20. The number of fused-ring (bicyclic) bond motifs is 7. The van der Waals surface area contributed by atoms with Crippen LogP contribution in [0.3, 0.4) is 0 Å². The lowest BCUT2D eigenvalue weighted by atomic mass is 9.93. The first-order chi connectivity index (χ1) is 17.7. The molecule has 2 atom stereocenters. The van der Waals surface area contributed by atoms with E-state index in [1.807, 2.05) is 37.1 Å². The highest BCUT2D eigenvalue weighted by Crippen LogP contribution is 2.50. The zero-order valence-corrected chi connectivity index (χ0v) is 20.9. The van der Waals surface area contributed by atoms with Crippen molar-refractivity contribution in [2.45, 2.75) is 43.8 Å². The van der Waals surface area contributed by atoms with Gasteiger partial charge in [-0.25, -0.2) is 14.3 Å². The van der Waals surface area contributed by atoms with Gasteiger partial charge in [0, 0.05) is 24.0 Å². The van der Waals surface area contributed by atoms with Crippen molar-refractivity contribution in [3.05, 3.63) is 86.7 Å². The fraction of sp³-hybridized carbons (Fsp3) is 0.308. The molecular weight excluding hydrogens is 498 g/mol. The van der Waals surface area contributed by atoms with Gasteiger partial charge in [0.25, 0.3) is 0 Å². The van der Waals surface area contributed by atoms with Crippen LogP contribution in [0.15, 0.2) is 64.4 Å². The molecule has 2 aliphatic rings. The van der Waals surface area contributed by atoms with Gasteiger partial charge in [0.15, 0.2) is 11.1 Å². The number of benzene rings is 1. The highest BCUT2D eigenvalue weighted by molar-refractivity contribution is 6.21. The van der Waals surface area contributed by atoms with Gasteiger partial charge >= 0.3 is 11.7 Å². The number of carboxylic acids is 1. The van der Waals surface area contributed by atoms with Crippen LogP contribution in [-0.2, 0) is 6.54 Å². The quantitative estimate of drug-likeness (QED) is 0.402. The second-order valence-electron chi connectivity index (χ2n) is 9.94. The molecule has 1 saturated heterocycles. The van der Waals surface area contributed by atoms with Crippen LogP contribution in [0.2, 0.25) is 0 Å². The molecule has 0 spiro atoms. The molecule has 1 fully saturated rings. The lowest BCUT2D eigenvalue weighted by molar-refractivity contribution is 0.0694. The molecule has 6 rings (SSSR count). The van der Waals surface area contributed by atoms with Crippen molar-refractivity contribution in [1.29, 1.82) is 0 Å². The highest BCUT2D eigenvalue weighted by atomic mass is 35.5. The number of alkyl halides is 1. The minimum atomic E-state index is -1.27. The smallest absolute Gasteiger partial charge is 0.350 e. The van der Waals surface area contributed by atoms with Crippen molar-refractivity contribution in [1.82, 2.24) is 18.9 Å². The summed E-state index contributed by atoms with van der Waals surface area (Å²) in [5, 5.41) is 15.7. The van der Waals surface area contributed by atoms with Gasteiger partial charge in [0.05, 0.1) is 29.2 Å². The first-order valence-electron chi connectivity index (χ1n) is 11.9. The summed E-state index contributed by atoms with van der Waals surface area (Å²) in [5.41, 5.74) is 1.39. The molecule has 5 heterocycles. The van der Waals surface area contributed by atoms with E-state index in [1.54, 1.807) is 29.1 Å². The van der Waals surface area contributed by atoms with Crippen molar-refractivity contribution in [3.63, 3.8) is 0 Å². The maximum absolute atomic E-state index is 12.6. The molecule has 190 valence electrons. The Morgan fingerprint density at radius 3 is 2.78 bits per heavy atom. The van der Waals surface area contributed by atoms with E-state index < -0.39 is 16.9 Å². The number of carbonyl (C=O) groups is 1. The van der Waals surface area contributed by atoms with Crippen LogP contribution in [0.5, 0.6) is 5.75 Å². The van der Waals surface area contributed by atoms with E-state index in [4.69, 9.17) is 16.3 Å². The molecule has 10 nitrogen and oxygen atoms in total. The number of hydrogen-bond donors (Lipinski definition) is 1. The molecule has 3 aromatic heterocycles. The summed E-state index contributed by atoms with van der Waals surface area (Å²) in [6, 6.07) is 12.0. The minimum absolute atomic E-state index is 0.227. The predicted molar refractivity (Wildman–Crippen MR) is 137 cm³/mol. The Morgan fingerprint density at radius 2 is 2.03 bits per heavy atom. The van der Waals surface area contributed by atoms with Crippen molar-refractivity contribution in [3.8, 4) is 17.0 Å². The van der Waals surface area contributed by atoms with E-state index in [1.165, 1.54) is 21.3 Å². The van der Waals surface area contributed by atoms with Gasteiger partial charge < -0.3 is 9.84 Å². The fourth-order valence-electron chi connectivity index (χ4n) is 5.50. The Balaban J connectivity index is 1.35. The van der Waals surface area contributed by atoms with Crippen molar-refractivity contribution >= 4 is 23.2 Å². The molecule has 11 heteroatoms. The van der Waals surface area contributed by atoms with Crippen molar-refractivity contribution in [2.24, 2.45) is 0 Å². The molecule has 0 aliphatic carbocycles. The molecular formula is C26H24ClN5O5. The number of rotatable bonds is 5. The van der Waals surface area contributed by atoms with Gasteiger partial charge in [-0.2, -0.15) is 0 Å². The van der Waals surface area contributed by atoms with Gasteiger partial charge in [-0.1, -0.05) is 6.07 Å². The lowest BCUT2D eigenvalue weighted by Gasteiger charge is -2.44. The number of aromatic nitrogens is 4. The molecule has 0 saturated carbocycles. The van der Waals surface area contributed by atoms with E-state index >= 15 is 0 Å². The molecule has 4 aromatic rings. The second kappa shape index (κ2) is 8.24. The summed E-state index contributed by atoms with van der Waals surface area (Å²) in [6.07, 6.45) is 3.73. The second-order valence-corrected chi connectivity index (χ2v) is 10.5. The normalized spacial score (nSPS) is 19.4. The van der Waals surface area contributed by atoms with Crippen molar-refractivity contribution < 1.29 is 14.6 Å². The van der Waals surface area contributed by atoms with Gasteiger partial charge in [0.2, 0.25) is 0 Å². The predicted octanol–water partition coefficient (Wildman–Crippen LogP) is 2.88. The average molecular weight is 522 g/mol. The zero-order chi connectivity index (χ0) is 26.1. The number of carboxylic acid groups (broad SMARTS) is 1. The molecule has 2 unspecified atom stereocenters. The number of halogens is 1. The van der Waals surface area contributed by atoms with E-state index in [0.29, 0.717) is 23.5 Å². The largest absolute Gasteiger partial charge is 0.492 e. The Labute approximate surface area is 215 Å². The van der Waals surface area contributed by atoms with Crippen LogP contribution in [-0.4, -0.2) is 47.5 Å². The molecule has 2 aliphatic heterocycles. The van der Waals surface area contributed by atoms with E-state index in [-0.39, 0.29) is 35.8 Å². The summed E-state index contributed by atoms with van der Waals surface area (Å²) in [5.74, 6) is -0.669. The third-order valence-electron chi connectivity index (χ3n) is 7.09. The summed E-state index contributed by atoms with van der Waals surface area (Å²) >= 11 is 6.87. The lowest BCUT2D eigenvalue weighted by Crippen LogP contribution is -2.50. The van der Waals surface area contributed by atoms with Crippen molar-refractivity contribution in [2.75, 3.05) is 11.6 Å².